The fourth-order valence-corrected chi connectivity index (χ4v) is 2.71. The fraction of sp³-hybridized carbons (Fsp3) is 1.00. The van der Waals surface area contributed by atoms with E-state index in [0.717, 1.165) is 26.1 Å². The number of hydrogen-bond donors (Lipinski definition) is 1. The average Bonchev–Trinajstić information content (AvgIpc) is 2.72. The van der Waals surface area contributed by atoms with E-state index in [-0.39, 0.29) is 0 Å². The molecule has 0 heterocycles. The van der Waals surface area contributed by atoms with Crippen molar-refractivity contribution in [3.63, 3.8) is 0 Å². The number of hydrogen-bond acceptors (Lipinski definition) is 3. The van der Waals surface area contributed by atoms with Crippen LogP contribution < -0.4 is 5.32 Å². The summed E-state index contributed by atoms with van der Waals surface area (Å²) in [5.41, 5.74) is 0.336. The van der Waals surface area contributed by atoms with Crippen molar-refractivity contribution in [2.24, 2.45) is 0 Å². The summed E-state index contributed by atoms with van der Waals surface area (Å²) >= 11 is 0. The van der Waals surface area contributed by atoms with E-state index >= 15 is 0 Å². The Kier molecular flexibility index (Phi) is 6.32. The Morgan fingerprint density at radius 1 is 1.12 bits per heavy atom. The summed E-state index contributed by atoms with van der Waals surface area (Å²) in [6, 6.07) is 0.537. The van der Waals surface area contributed by atoms with Gasteiger partial charge < -0.3 is 14.8 Å². The highest BCUT2D eigenvalue weighted by Gasteiger charge is 2.33. The van der Waals surface area contributed by atoms with Crippen molar-refractivity contribution in [3.8, 4) is 0 Å². The molecule has 3 heteroatoms. The largest absolute Gasteiger partial charge is 0.385 e. The van der Waals surface area contributed by atoms with Gasteiger partial charge in [-0.3, -0.25) is 0 Å². The SMILES string of the molecule is COCCC(C)NC1(CCOC)CCCC1. The van der Waals surface area contributed by atoms with Crippen LogP contribution in [0.2, 0.25) is 0 Å². The maximum Gasteiger partial charge on any atom is 0.0479 e. The first-order valence-electron chi connectivity index (χ1n) is 6.48. The van der Waals surface area contributed by atoms with Crippen molar-refractivity contribution in [2.75, 3.05) is 27.4 Å². The van der Waals surface area contributed by atoms with Gasteiger partial charge in [0, 0.05) is 39.0 Å². The molecule has 0 aromatic rings. The Balaban J connectivity index is 2.37. The van der Waals surface area contributed by atoms with Gasteiger partial charge >= 0.3 is 0 Å². The highest BCUT2D eigenvalue weighted by Crippen LogP contribution is 2.33. The molecule has 0 amide bonds. The van der Waals surface area contributed by atoms with Crippen molar-refractivity contribution in [1.82, 2.24) is 5.32 Å². The maximum absolute atomic E-state index is 5.23. The van der Waals surface area contributed by atoms with E-state index in [4.69, 9.17) is 9.47 Å². The molecule has 0 radical (unpaired) electrons. The molecule has 0 bridgehead atoms. The Hall–Kier alpha value is -0.120. The lowest BCUT2D eigenvalue weighted by molar-refractivity contribution is 0.139. The molecule has 0 aromatic heterocycles. The molecule has 1 atom stereocenters. The second-order valence-electron chi connectivity index (χ2n) is 5.06. The van der Waals surface area contributed by atoms with Gasteiger partial charge in [-0.2, -0.15) is 0 Å². The number of ether oxygens (including phenoxy) is 2. The van der Waals surface area contributed by atoms with E-state index < -0.39 is 0 Å². The van der Waals surface area contributed by atoms with Crippen LogP contribution in [0, 0.1) is 0 Å². The molecule has 1 aliphatic rings. The van der Waals surface area contributed by atoms with Gasteiger partial charge in [0.1, 0.15) is 0 Å². The minimum absolute atomic E-state index is 0.336. The van der Waals surface area contributed by atoms with E-state index in [9.17, 15) is 0 Å². The van der Waals surface area contributed by atoms with Crippen LogP contribution in [-0.4, -0.2) is 39.0 Å². The molecule has 1 saturated carbocycles. The zero-order valence-corrected chi connectivity index (χ0v) is 11.1. The van der Waals surface area contributed by atoms with E-state index in [2.05, 4.69) is 12.2 Å². The molecule has 1 fully saturated rings. The van der Waals surface area contributed by atoms with Crippen LogP contribution in [0.1, 0.15) is 45.4 Å². The van der Waals surface area contributed by atoms with Crippen molar-refractivity contribution in [3.05, 3.63) is 0 Å². The van der Waals surface area contributed by atoms with Gasteiger partial charge in [-0.25, -0.2) is 0 Å². The lowest BCUT2D eigenvalue weighted by Crippen LogP contribution is -2.48. The molecule has 1 N–H and O–H groups in total. The third kappa shape index (κ3) is 4.40. The average molecular weight is 229 g/mol. The van der Waals surface area contributed by atoms with Crippen LogP contribution in [-0.2, 0) is 9.47 Å². The van der Waals surface area contributed by atoms with E-state index in [0.29, 0.717) is 11.6 Å². The molecular weight excluding hydrogens is 202 g/mol. The van der Waals surface area contributed by atoms with Crippen LogP contribution in [0.5, 0.6) is 0 Å². The molecule has 1 aliphatic carbocycles. The van der Waals surface area contributed by atoms with Crippen LogP contribution in [0.25, 0.3) is 0 Å². The van der Waals surface area contributed by atoms with Gasteiger partial charge in [-0.05, 0) is 32.6 Å². The first-order valence-corrected chi connectivity index (χ1v) is 6.48. The molecular formula is C13H27NO2. The fourth-order valence-electron chi connectivity index (χ4n) is 2.71. The van der Waals surface area contributed by atoms with Crippen molar-refractivity contribution >= 4 is 0 Å². The minimum atomic E-state index is 0.336. The van der Waals surface area contributed by atoms with Crippen LogP contribution in [0.15, 0.2) is 0 Å². The third-order valence-electron chi connectivity index (χ3n) is 3.65. The minimum Gasteiger partial charge on any atom is -0.385 e. The molecule has 1 unspecified atom stereocenters. The predicted octanol–water partition coefficient (Wildman–Crippen LogP) is 2.35. The summed E-state index contributed by atoms with van der Waals surface area (Å²) in [7, 11) is 3.56. The van der Waals surface area contributed by atoms with E-state index in [1.807, 2.05) is 0 Å². The Labute approximate surface area is 99.9 Å². The Bertz CT molecular complexity index is 179. The van der Waals surface area contributed by atoms with Gasteiger partial charge in [0.2, 0.25) is 0 Å². The van der Waals surface area contributed by atoms with Crippen LogP contribution in [0.4, 0.5) is 0 Å². The molecule has 3 nitrogen and oxygen atoms in total. The zero-order chi connectivity index (χ0) is 11.9. The van der Waals surface area contributed by atoms with Gasteiger partial charge in [0.15, 0.2) is 0 Å². The monoisotopic (exact) mass is 229 g/mol. The standard InChI is InChI=1S/C13H27NO2/c1-12(6-10-15-2)14-13(9-11-16-3)7-4-5-8-13/h12,14H,4-11H2,1-3H3. The molecule has 96 valence electrons. The summed E-state index contributed by atoms with van der Waals surface area (Å²) in [6.07, 6.45) is 7.54. The number of nitrogens with one attached hydrogen (secondary N) is 1. The summed E-state index contributed by atoms with van der Waals surface area (Å²) in [5, 5.41) is 3.80. The highest BCUT2D eigenvalue weighted by atomic mass is 16.5. The Morgan fingerprint density at radius 2 is 1.75 bits per heavy atom. The second kappa shape index (κ2) is 7.25. The Morgan fingerprint density at radius 3 is 2.31 bits per heavy atom. The van der Waals surface area contributed by atoms with E-state index in [1.165, 1.54) is 25.7 Å². The zero-order valence-electron chi connectivity index (χ0n) is 11.1. The van der Waals surface area contributed by atoms with Crippen LogP contribution >= 0.6 is 0 Å². The molecule has 0 saturated heterocycles. The molecule has 0 spiro atoms. The first kappa shape index (κ1) is 13.9. The van der Waals surface area contributed by atoms with Crippen molar-refractivity contribution < 1.29 is 9.47 Å². The second-order valence-corrected chi connectivity index (χ2v) is 5.06. The summed E-state index contributed by atoms with van der Waals surface area (Å²) in [5.74, 6) is 0. The van der Waals surface area contributed by atoms with Crippen molar-refractivity contribution in [2.45, 2.75) is 57.0 Å². The molecule has 0 aromatic carbocycles. The predicted molar refractivity (Wildman–Crippen MR) is 66.8 cm³/mol. The quantitative estimate of drug-likeness (QED) is 0.693. The molecule has 16 heavy (non-hydrogen) atoms. The smallest absolute Gasteiger partial charge is 0.0479 e. The first-order chi connectivity index (χ1) is 7.72. The summed E-state index contributed by atoms with van der Waals surface area (Å²) < 4.78 is 10.4. The van der Waals surface area contributed by atoms with Gasteiger partial charge in [-0.15, -0.1) is 0 Å². The van der Waals surface area contributed by atoms with Crippen LogP contribution in [0.3, 0.4) is 0 Å². The van der Waals surface area contributed by atoms with Gasteiger partial charge in [0.05, 0.1) is 0 Å². The highest BCUT2D eigenvalue weighted by molar-refractivity contribution is 4.94. The molecule has 0 aliphatic heterocycles. The summed E-state index contributed by atoms with van der Waals surface area (Å²) in [6.45, 7) is 3.96. The number of rotatable bonds is 8. The van der Waals surface area contributed by atoms with Gasteiger partial charge in [0.25, 0.3) is 0 Å². The molecule has 1 rings (SSSR count). The maximum atomic E-state index is 5.23. The van der Waals surface area contributed by atoms with E-state index in [1.54, 1.807) is 14.2 Å². The third-order valence-corrected chi connectivity index (χ3v) is 3.65. The normalized spacial score (nSPS) is 21.2. The lowest BCUT2D eigenvalue weighted by atomic mass is 9.92. The number of methoxy groups -OCH3 is 2. The lowest BCUT2D eigenvalue weighted by Gasteiger charge is -2.33. The topological polar surface area (TPSA) is 30.5 Å². The summed E-state index contributed by atoms with van der Waals surface area (Å²) in [4.78, 5) is 0. The van der Waals surface area contributed by atoms with Crippen molar-refractivity contribution in [1.29, 1.82) is 0 Å². The van der Waals surface area contributed by atoms with Gasteiger partial charge in [-0.1, -0.05) is 12.8 Å².